The summed E-state index contributed by atoms with van der Waals surface area (Å²) in [5.41, 5.74) is 2.15. The van der Waals surface area contributed by atoms with Crippen molar-refractivity contribution in [3.8, 4) is 5.75 Å². The normalized spacial score (nSPS) is 29.1. The number of benzene rings is 1. The highest BCUT2D eigenvalue weighted by Gasteiger charge is 2.44. The van der Waals surface area contributed by atoms with Gasteiger partial charge in [-0.3, -0.25) is 4.90 Å². The van der Waals surface area contributed by atoms with Gasteiger partial charge >= 0.3 is 0 Å². The zero-order valence-corrected chi connectivity index (χ0v) is 17.4. The van der Waals surface area contributed by atoms with Crippen LogP contribution in [-0.2, 0) is 13.0 Å². The van der Waals surface area contributed by atoms with Gasteiger partial charge in [0.2, 0.25) is 0 Å². The first kappa shape index (κ1) is 20.1. The smallest absolute Gasteiger partial charge is 0.145 e. The topological polar surface area (TPSA) is 52.9 Å². The van der Waals surface area contributed by atoms with Gasteiger partial charge < -0.3 is 14.9 Å². The summed E-state index contributed by atoms with van der Waals surface area (Å²) in [7, 11) is 0. The molecule has 28 heavy (non-hydrogen) atoms. The highest BCUT2D eigenvalue weighted by atomic mass is 19.1. The molecular formula is C23H34FNO3. The maximum Gasteiger partial charge on any atom is 0.145 e. The molecular weight excluding hydrogens is 357 g/mol. The average molecular weight is 392 g/mol. The minimum atomic E-state index is -1.17. The monoisotopic (exact) mass is 391 g/mol. The number of rotatable bonds is 5. The molecule has 0 unspecified atom stereocenters. The van der Waals surface area contributed by atoms with Crippen LogP contribution in [-0.4, -0.2) is 46.6 Å². The van der Waals surface area contributed by atoms with E-state index in [-0.39, 0.29) is 30.8 Å². The van der Waals surface area contributed by atoms with Gasteiger partial charge in [0.05, 0.1) is 12.7 Å². The highest BCUT2D eigenvalue weighted by molar-refractivity contribution is 5.45. The van der Waals surface area contributed by atoms with E-state index in [0.29, 0.717) is 24.5 Å². The van der Waals surface area contributed by atoms with Gasteiger partial charge in [0.15, 0.2) is 0 Å². The van der Waals surface area contributed by atoms with E-state index in [4.69, 9.17) is 4.74 Å². The molecule has 0 aromatic heterocycles. The highest BCUT2D eigenvalue weighted by Crippen LogP contribution is 2.44. The van der Waals surface area contributed by atoms with Crippen LogP contribution >= 0.6 is 0 Å². The third kappa shape index (κ3) is 4.22. The van der Waals surface area contributed by atoms with E-state index in [0.717, 1.165) is 37.9 Å². The van der Waals surface area contributed by atoms with Crippen LogP contribution in [0.25, 0.3) is 0 Å². The SMILES string of the molecule is CC(C)(C)C[C@@H]1CN2CCc3cc(OCC4(F)CC4)c(CO)cc3[C@H]2C[C@H]1O. The van der Waals surface area contributed by atoms with E-state index < -0.39 is 5.67 Å². The third-order valence-electron chi connectivity index (χ3n) is 6.59. The quantitative estimate of drug-likeness (QED) is 0.802. The zero-order valence-electron chi connectivity index (χ0n) is 17.4. The summed E-state index contributed by atoms with van der Waals surface area (Å²) in [6.07, 6.45) is 3.50. The Morgan fingerprint density at radius 1 is 1.29 bits per heavy atom. The molecule has 156 valence electrons. The lowest BCUT2D eigenvalue weighted by Crippen LogP contribution is -2.48. The average Bonchev–Trinajstić information content (AvgIpc) is 3.36. The molecule has 4 rings (SSSR count). The summed E-state index contributed by atoms with van der Waals surface area (Å²) in [6, 6.07) is 4.21. The molecule has 4 nitrogen and oxygen atoms in total. The van der Waals surface area contributed by atoms with Crippen LogP contribution in [0, 0.1) is 11.3 Å². The van der Waals surface area contributed by atoms with E-state index in [2.05, 4.69) is 25.7 Å². The number of hydrogen-bond acceptors (Lipinski definition) is 4. The molecule has 0 spiro atoms. The number of hydrogen-bond donors (Lipinski definition) is 2. The molecule has 5 heteroatoms. The van der Waals surface area contributed by atoms with Crippen molar-refractivity contribution in [3.05, 3.63) is 28.8 Å². The van der Waals surface area contributed by atoms with Crippen molar-refractivity contribution in [2.24, 2.45) is 11.3 Å². The molecule has 0 amide bonds. The van der Waals surface area contributed by atoms with Crippen molar-refractivity contribution in [2.75, 3.05) is 19.7 Å². The second-order valence-corrected chi connectivity index (χ2v) is 10.3. The van der Waals surface area contributed by atoms with Gasteiger partial charge in [-0.2, -0.15) is 0 Å². The van der Waals surface area contributed by atoms with Crippen LogP contribution < -0.4 is 4.74 Å². The van der Waals surface area contributed by atoms with E-state index in [1.54, 1.807) is 0 Å². The van der Waals surface area contributed by atoms with Crippen LogP contribution in [0.5, 0.6) is 5.75 Å². The number of aliphatic hydroxyl groups is 2. The maximum absolute atomic E-state index is 14.0. The number of nitrogens with zero attached hydrogens (tertiary/aromatic N) is 1. The summed E-state index contributed by atoms with van der Waals surface area (Å²) in [5.74, 6) is 0.914. The zero-order chi connectivity index (χ0) is 20.1. The molecule has 3 aliphatic rings. The molecule has 1 aliphatic carbocycles. The number of halogens is 1. The second kappa shape index (κ2) is 7.26. The van der Waals surface area contributed by atoms with Gasteiger partial charge in [0.25, 0.3) is 0 Å². The Labute approximate surface area is 167 Å². The fraction of sp³-hybridized carbons (Fsp3) is 0.739. The molecule has 1 aromatic carbocycles. The standard InChI is InChI=1S/C23H34FNO3/c1-22(2,3)11-17-12-25-7-4-15-9-21(28-14-23(24)5-6-23)16(13-26)8-18(15)19(25)10-20(17)27/h8-9,17,19-20,26-27H,4-7,10-14H2,1-3H3/t17-,19-,20-/m1/s1. The molecule has 1 saturated heterocycles. The summed E-state index contributed by atoms with van der Waals surface area (Å²) >= 11 is 0. The molecule has 3 atom stereocenters. The van der Waals surface area contributed by atoms with Crippen molar-refractivity contribution in [3.63, 3.8) is 0 Å². The van der Waals surface area contributed by atoms with Gasteiger partial charge in [-0.25, -0.2) is 4.39 Å². The van der Waals surface area contributed by atoms with Crippen molar-refractivity contribution in [1.82, 2.24) is 4.90 Å². The third-order valence-corrected chi connectivity index (χ3v) is 6.59. The van der Waals surface area contributed by atoms with Crippen LogP contribution in [0.1, 0.15) is 69.2 Å². The summed E-state index contributed by atoms with van der Waals surface area (Å²) in [4.78, 5) is 2.49. The molecule has 0 radical (unpaired) electrons. The van der Waals surface area contributed by atoms with E-state index >= 15 is 0 Å². The van der Waals surface area contributed by atoms with Crippen LogP contribution in [0.4, 0.5) is 4.39 Å². The van der Waals surface area contributed by atoms with E-state index in [1.165, 1.54) is 11.1 Å². The minimum absolute atomic E-state index is 0.0710. The lowest BCUT2D eigenvalue weighted by Gasteiger charge is -2.47. The maximum atomic E-state index is 14.0. The molecule has 1 saturated carbocycles. The number of alkyl halides is 1. The Bertz CT molecular complexity index is 725. The van der Waals surface area contributed by atoms with E-state index in [1.807, 2.05) is 12.1 Å². The molecule has 2 heterocycles. The largest absolute Gasteiger partial charge is 0.490 e. The summed E-state index contributed by atoms with van der Waals surface area (Å²) in [5, 5.41) is 20.7. The van der Waals surface area contributed by atoms with Gasteiger partial charge in [-0.05, 0) is 66.7 Å². The molecule has 1 aromatic rings. The Kier molecular flexibility index (Phi) is 5.22. The second-order valence-electron chi connectivity index (χ2n) is 10.3. The number of fused-ring (bicyclic) bond motifs is 3. The molecule has 2 aliphatic heterocycles. The Hall–Kier alpha value is -1.17. The summed E-state index contributed by atoms with van der Waals surface area (Å²) < 4.78 is 19.7. The van der Waals surface area contributed by atoms with Gasteiger partial charge in [0.1, 0.15) is 18.0 Å². The lowest BCUT2D eigenvalue weighted by molar-refractivity contribution is -0.0259. The molecule has 2 N–H and O–H groups in total. The first-order valence-corrected chi connectivity index (χ1v) is 10.7. The van der Waals surface area contributed by atoms with Gasteiger partial charge in [0, 0.05) is 24.7 Å². The van der Waals surface area contributed by atoms with Crippen molar-refractivity contribution in [2.45, 2.75) is 77.3 Å². The Balaban J connectivity index is 1.54. The molecule has 0 bridgehead atoms. The Morgan fingerprint density at radius 2 is 2.04 bits per heavy atom. The number of aliphatic hydroxyl groups excluding tert-OH is 2. The van der Waals surface area contributed by atoms with Gasteiger partial charge in [-0.1, -0.05) is 20.8 Å². The number of piperidine rings is 1. The molecule has 2 fully saturated rings. The first-order chi connectivity index (χ1) is 13.2. The predicted molar refractivity (Wildman–Crippen MR) is 107 cm³/mol. The fourth-order valence-electron chi connectivity index (χ4n) is 4.90. The van der Waals surface area contributed by atoms with Crippen LogP contribution in [0.2, 0.25) is 0 Å². The minimum Gasteiger partial charge on any atom is -0.490 e. The van der Waals surface area contributed by atoms with Gasteiger partial charge in [-0.15, -0.1) is 0 Å². The Morgan fingerprint density at radius 3 is 2.68 bits per heavy atom. The van der Waals surface area contributed by atoms with E-state index in [9.17, 15) is 14.6 Å². The first-order valence-electron chi connectivity index (χ1n) is 10.7. The summed E-state index contributed by atoms with van der Waals surface area (Å²) in [6.45, 7) is 8.53. The lowest BCUT2D eigenvalue weighted by atomic mass is 9.75. The van der Waals surface area contributed by atoms with Crippen LogP contribution in [0.15, 0.2) is 12.1 Å². The van der Waals surface area contributed by atoms with Crippen molar-refractivity contribution < 1.29 is 19.3 Å². The predicted octanol–water partition coefficient (Wildman–Crippen LogP) is 3.78. The fourth-order valence-corrected chi connectivity index (χ4v) is 4.90. The van der Waals surface area contributed by atoms with Crippen molar-refractivity contribution >= 4 is 0 Å². The van der Waals surface area contributed by atoms with Crippen LogP contribution in [0.3, 0.4) is 0 Å². The number of ether oxygens (including phenoxy) is 1. The van der Waals surface area contributed by atoms with Crippen molar-refractivity contribution in [1.29, 1.82) is 0 Å².